The van der Waals surface area contributed by atoms with E-state index in [1.807, 2.05) is 0 Å². The van der Waals surface area contributed by atoms with Crippen LogP contribution in [0.2, 0.25) is 0 Å². The predicted molar refractivity (Wildman–Crippen MR) is 81.2 cm³/mol. The van der Waals surface area contributed by atoms with Crippen molar-refractivity contribution < 1.29 is 13.6 Å². The summed E-state index contributed by atoms with van der Waals surface area (Å²) >= 11 is 1.39. The highest BCUT2D eigenvalue weighted by atomic mass is 32.2. The Morgan fingerprint density at radius 3 is 2.62 bits per heavy atom. The molecule has 3 nitrogen and oxygen atoms in total. The predicted octanol–water partition coefficient (Wildman–Crippen LogP) is 3.67. The van der Waals surface area contributed by atoms with Gasteiger partial charge in [0, 0.05) is 17.1 Å². The zero-order chi connectivity index (χ0) is 15.2. The van der Waals surface area contributed by atoms with Gasteiger partial charge in [0.2, 0.25) is 5.91 Å². The van der Waals surface area contributed by atoms with Gasteiger partial charge in [-0.15, -0.1) is 11.8 Å². The molecule has 0 saturated carbocycles. The summed E-state index contributed by atoms with van der Waals surface area (Å²) in [7, 11) is 0. The Hall–Kier alpha value is -2.08. The lowest BCUT2D eigenvalue weighted by molar-refractivity contribution is -0.115. The number of benzene rings is 2. The van der Waals surface area contributed by atoms with Gasteiger partial charge in [0.05, 0.1) is 11.4 Å². The number of rotatable bonds is 5. The lowest BCUT2D eigenvalue weighted by atomic mass is 10.2. The van der Waals surface area contributed by atoms with Crippen molar-refractivity contribution in [3.63, 3.8) is 0 Å². The number of halogens is 2. The molecule has 0 atom stereocenters. The number of thioether (sulfide) groups is 1. The summed E-state index contributed by atoms with van der Waals surface area (Å²) in [4.78, 5) is 12.5. The van der Waals surface area contributed by atoms with Gasteiger partial charge >= 0.3 is 0 Å². The van der Waals surface area contributed by atoms with Crippen LogP contribution in [0.1, 0.15) is 6.42 Å². The van der Waals surface area contributed by atoms with Gasteiger partial charge < -0.3 is 11.1 Å². The van der Waals surface area contributed by atoms with Crippen LogP contribution in [0.5, 0.6) is 0 Å². The van der Waals surface area contributed by atoms with E-state index in [4.69, 9.17) is 5.73 Å². The molecule has 0 aliphatic heterocycles. The zero-order valence-corrected chi connectivity index (χ0v) is 11.9. The fourth-order valence-corrected chi connectivity index (χ4v) is 2.57. The highest BCUT2D eigenvalue weighted by Crippen LogP contribution is 2.21. The number of nitrogen functional groups attached to an aromatic ring is 1. The molecule has 0 spiro atoms. The molecule has 0 heterocycles. The van der Waals surface area contributed by atoms with Gasteiger partial charge in [-0.05, 0) is 36.4 Å². The molecule has 0 saturated heterocycles. The molecular formula is C15H14F2N2OS. The van der Waals surface area contributed by atoms with Crippen LogP contribution < -0.4 is 11.1 Å². The molecule has 2 aromatic carbocycles. The quantitative estimate of drug-likeness (QED) is 0.654. The molecule has 2 rings (SSSR count). The van der Waals surface area contributed by atoms with Crippen molar-refractivity contribution in [2.45, 2.75) is 11.3 Å². The van der Waals surface area contributed by atoms with Gasteiger partial charge in [0.1, 0.15) is 11.6 Å². The van der Waals surface area contributed by atoms with Crippen LogP contribution in [0.15, 0.2) is 47.4 Å². The normalized spacial score (nSPS) is 10.4. The second kappa shape index (κ2) is 7.08. The molecule has 0 aliphatic rings. The monoisotopic (exact) mass is 308 g/mol. The molecule has 6 heteroatoms. The number of carbonyl (C=O) groups is 1. The Morgan fingerprint density at radius 2 is 1.90 bits per heavy atom. The maximum Gasteiger partial charge on any atom is 0.225 e. The van der Waals surface area contributed by atoms with E-state index in [1.165, 1.54) is 36.0 Å². The SMILES string of the molecule is Nc1cc(F)ccc1NC(=O)CCSc1cccc(F)c1. The van der Waals surface area contributed by atoms with E-state index >= 15 is 0 Å². The summed E-state index contributed by atoms with van der Waals surface area (Å²) in [5.74, 6) is -0.468. The van der Waals surface area contributed by atoms with Gasteiger partial charge in [-0.3, -0.25) is 4.79 Å². The first-order valence-electron chi connectivity index (χ1n) is 6.28. The second-order valence-corrected chi connectivity index (χ2v) is 5.50. The van der Waals surface area contributed by atoms with Crippen LogP contribution in [-0.4, -0.2) is 11.7 Å². The molecule has 1 amide bonds. The van der Waals surface area contributed by atoms with Crippen LogP contribution in [0.25, 0.3) is 0 Å². The molecule has 0 fully saturated rings. The Kier molecular flexibility index (Phi) is 5.16. The van der Waals surface area contributed by atoms with Crippen LogP contribution in [0.4, 0.5) is 20.2 Å². The van der Waals surface area contributed by atoms with Gasteiger partial charge in [0.25, 0.3) is 0 Å². The van der Waals surface area contributed by atoms with E-state index in [0.29, 0.717) is 11.4 Å². The molecule has 0 unspecified atom stereocenters. The third kappa shape index (κ3) is 4.75. The first kappa shape index (κ1) is 15.3. The maximum atomic E-state index is 13.0. The van der Waals surface area contributed by atoms with Crippen molar-refractivity contribution in [3.8, 4) is 0 Å². The summed E-state index contributed by atoms with van der Waals surface area (Å²) in [5.41, 5.74) is 6.17. The number of anilines is 2. The fourth-order valence-electron chi connectivity index (χ4n) is 1.68. The Bertz CT molecular complexity index is 649. The van der Waals surface area contributed by atoms with Gasteiger partial charge in [0.15, 0.2) is 0 Å². The summed E-state index contributed by atoms with van der Waals surface area (Å²) in [6.07, 6.45) is 0.248. The van der Waals surface area contributed by atoms with Crippen molar-refractivity contribution in [2.75, 3.05) is 16.8 Å². The average Bonchev–Trinajstić information content (AvgIpc) is 2.42. The first-order valence-corrected chi connectivity index (χ1v) is 7.26. The number of amides is 1. The molecule has 0 radical (unpaired) electrons. The molecule has 110 valence electrons. The molecule has 3 N–H and O–H groups in total. The van der Waals surface area contributed by atoms with E-state index in [1.54, 1.807) is 12.1 Å². The molecular weight excluding hydrogens is 294 g/mol. The van der Waals surface area contributed by atoms with Crippen molar-refractivity contribution in [1.82, 2.24) is 0 Å². The Balaban J connectivity index is 1.82. The minimum absolute atomic E-state index is 0.182. The number of hydrogen-bond acceptors (Lipinski definition) is 3. The summed E-state index contributed by atoms with van der Waals surface area (Å²) < 4.78 is 25.9. The van der Waals surface area contributed by atoms with E-state index in [0.717, 1.165) is 11.0 Å². The molecule has 0 aliphatic carbocycles. The fraction of sp³-hybridized carbons (Fsp3) is 0.133. The van der Waals surface area contributed by atoms with Gasteiger partial charge in [-0.2, -0.15) is 0 Å². The van der Waals surface area contributed by atoms with Crippen LogP contribution in [-0.2, 0) is 4.79 Å². The molecule has 2 aromatic rings. The van der Waals surface area contributed by atoms with Crippen LogP contribution in [0, 0.1) is 11.6 Å². The minimum atomic E-state index is -0.452. The number of hydrogen-bond donors (Lipinski definition) is 2. The number of nitrogens with two attached hydrogens (primary N) is 1. The second-order valence-electron chi connectivity index (χ2n) is 4.34. The van der Waals surface area contributed by atoms with Crippen molar-refractivity contribution in [3.05, 3.63) is 54.1 Å². The number of carbonyl (C=O) groups excluding carboxylic acids is 1. The topological polar surface area (TPSA) is 55.1 Å². The molecule has 0 bridgehead atoms. The summed E-state index contributed by atoms with van der Waals surface area (Å²) in [5, 5.41) is 2.62. The zero-order valence-electron chi connectivity index (χ0n) is 11.1. The minimum Gasteiger partial charge on any atom is -0.397 e. The standard InChI is InChI=1S/C15H14F2N2OS/c16-10-2-1-3-12(8-10)21-7-6-15(20)19-14-5-4-11(17)9-13(14)18/h1-5,8-9H,6-7,18H2,(H,19,20). The summed E-state index contributed by atoms with van der Waals surface area (Å²) in [6.45, 7) is 0. The van der Waals surface area contributed by atoms with Gasteiger partial charge in [-0.1, -0.05) is 6.07 Å². The summed E-state index contributed by atoms with van der Waals surface area (Å²) in [6, 6.07) is 9.99. The largest absolute Gasteiger partial charge is 0.397 e. The van der Waals surface area contributed by atoms with Crippen LogP contribution in [0.3, 0.4) is 0 Å². The van der Waals surface area contributed by atoms with Crippen LogP contribution >= 0.6 is 11.8 Å². The number of nitrogens with one attached hydrogen (secondary N) is 1. The van der Waals surface area contributed by atoms with Crippen molar-refractivity contribution in [2.24, 2.45) is 0 Å². The van der Waals surface area contributed by atoms with E-state index < -0.39 is 5.82 Å². The van der Waals surface area contributed by atoms with E-state index in [-0.39, 0.29) is 23.8 Å². The Labute approximate surface area is 125 Å². The maximum absolute atomic E-state index is 13.0. The lowest BCUT2D eigenvalue weighted by Gasteiger charge is -2.08. The average molecular weight is 308 g/mol. The first-order chi connectivity index (χ1) is 10.0. The highest BCUT2D eigenvalue weighted by Gasteiger charge is 2.06. The Morgan fingerprint density at radius 1 is 1.14 bits per heavy atom. The molecule has 21 heavy (non-hydrogen) atoms. The van der Waals surface area contributed by atoms with Crippen molar-refractivity contribution >= 4 is 29.0 Å². The highest BCUT2D eigenvalue weighted by molar-refractivity contribution is 7.99. The third-order valence-electron chi connectivity index (χ3n) is 2.68. The third-order valence-corrected chi connectivity index (χ3v) is 3.68. The van der Waals surface area contributed by atoms with E-state index in [9.17, 15) is 13.6 Å². The van der Waals surface area contributed by atoms with Gasteiger partial charge in [-0.25, -0.2) is 8.78 Å². The van der Waals surface area contributed by atoms with Crippen molar-refractivity contribution in [1.29, 1.82) is 0 Å². The smallest absolute Gasteiger partial charge is 0.225 e. The molecule has 0 aromatic heterocycles. The van der Waals surface area contributed by atoms with E-state index in [2.05, 4.69) is 5.32 Å². The lowest BCUT2D eigenvalue weighted by Crippen LogP contribution is -2.13.